The van der Waals surface area contributed by atoms with Crippen molar-refractivity contribution >= 4 is 0 Å². The van der Waals surface area contributed by atoms with Crippen molar-refractivity contribution in [2.24, 2.45) is 0 Å². The number of hydrogen-bond donors (Lipinski definition) is 1. The van der Waals surface area contributed by atoms with Crippen LogP contribution in [-0.4, -0.2) is 32.4 Å². The first-order chi connectivity index (χ1) is 11.8. The number of likely N-dealkylation sites (tertiary alicyclic amines) is 1. The monoisotopic (exact) mass is 324 g/mol. The minimum Gasteiger partial charge on any atom is -0.307 e. The van der Waals surface area contributed by atoms with Crippen LogP contribution in [0.15, 0.2) is 35.4 Å². The lowest BCUT2D eigenvalue weighted by molar-refractivity contribution is 0.0942. The van der Waals surface area contributed by atoms with Gasteiger partial charge in [0.05, 0.1) is 11.7 Å². The molecule has 5 nitrogen and oxygen atoms in total. The standard InChI is InChI=1S/C19H24N4O/c24-18-13-16(21-19(22-18)14-8-10-20-11-9-14)17-7-3-4-12-23(17)15-5-1-2-6-15/h8-11,13,15,17H,1-7,12H2,(H,21,22,24)/t17-/m0/s1. The summed E-state index contributed by atoms with van der Waals surface area (Å²) in [5.74, 6) is 0.650. The van der Waals surface area contributed by atoms with Gasteiger partial charge in [-0.3, -0.25) is 14.7 Å². The summed E-state index contributed by atoms with van der Waals surface area (Å²) in [5.41, 5.74) is 1.77. The largest absolute Gasteiger partial charge is 0.307 e. The van der Waals surface area contributed by atoms with Crippen LogP contribution in [0.4, 0.5) is 0 Å². The van der Waals surface area contributed by atoms with Crippen molar-refractivity contribution in [1.29, 1.82) is 0 Å². The zero-order valence-corrected chi connectivity index (χ0v) is 13.9. The molecule has 0 amide bonds. The molecular formula is C19H24N4O. The fourth-order valence-electron chi connectivity index (χ4n) is 4.24. The summed E-state index contributed by atoms with van der Waals surface area (Å²) in [6.45, 7) is 1.13. The van der Waals surface area contributed by atoms with Crippen LogP contribution in [0.3, 0.4) is 0 Å². The molecule has 1 N–H and O–H groups in total. The third-order valence-electron chi connectivity index (χ3n) is 5.39. The van der Waals surface area contributed by atoms with Gasteiger partial charge in [0.1, 0.15) is 5.82 Å². The van der Waals surface area contributed by atoms with E-state index in [2.05, 4.69) is 14.9 Å². The third-order valence-corrected chi connectivity index (χ3v) is 5.39. The van der Waals surface area contributed by atoms with Gasteiger partial charge in [0, 0.05) is 30.1 Å². The first kappa shape index (κ1) is 15.5. The lowest BCUT2D eigenvalue weighted by atomic mass is 9.96. The molecule has 0 aromatic carbocycles. The van der Waals surface area contributed by atoms with Crippen molar-refractivity contribution in [3.63, 3.8) is 0 Å². The van der Waals surface area contributed by atoms with E-state index >= 15 is 0 Å². The molecule has 0 spiro atoms. The van der Waals surface area contributed by atoms with E-state index in [-0.39, 0.29) is 11.6 Å². The second-order valence-electron chi connectivity index (χ2n) is 6.94. The van der Waals surface area contributed by atoms with Gasteiger partial charge in [-0.25, -0.2) is 4.98 Å². The number of aromatic nitrogens is 3. The van der Waals surface area contributed by atoms with Gasteiger partial charge in [-0.05, 0) is 44.4 Å². The minimum atomic E-state index is -0.0660. The van der Waals surface area contributed by atoms with E-state index in [1.165, 1.54) is 38.5 Å². The average molecular weight is 324 g/mol. The molecule has 2 aromatic rings. The van der Waals surface area contributed by atoms with E-state index in [0.29, 0.717) is 11.9 Å². The van der Waals surface area contributed by atoms with Gasteiger partial charge < -0.3 is 4.98 Å². The van der Waals surface area contributed by atoms with Crippen LogP contribution < -0.4 is 5.56 Å². The van der Waals surface area contributed by atoms with Gasteiger partial charge in [0.25, 0.3) is 5.56 Å². The number of H-pyrrole nitrogens is 1. The summed E-state index contributed by atoms with van der Waals surface area (Å²) < 4.78 is 0. The van der Waals surface area contributed by atoms with E-state index < -0.39 is 0 Å². The molecule has 126 valence electrons. The SMILES string of the molecule is O=c1cc([C@@H]2CCCCN2C2CCCC2)nc(-c2ccncc2)[nH]1. The van der Waals surface area contributed by atoms with Crippen molar-refractivity contribution in [3.8, 4) is 11.4 Å². The summed E-state index contributed by atoms with van der Waals surface area (Å²) >= 11 is 0. The van der Waals surface area contributed by atoms with E-state index in [1.807, 2.05) is 12.1 Å². The van der Waals surface area contributed by atoms with E-state index in [4.69, 9.17) is 4.98 Å². The van der Waals surface area contributed by atoms with Gasteiger partial charge in [-0.2, -0.15) is 0 Å². The Bertz CT molecular complexity index is 737. The van der Waals surface area contributed by atoms with Crippen LogP contribution in [0, 0.1) is 0 Å². The minimum absolute atomic E-state index is 0.0660. The summed E-state index contributed by atoms with van der Waals surface area (Å²) in [6.07, 6.45) is 12.3. The first-order valence-electron chi connectivity index (χ1n) is 9.09. The molecule has 2 aromatic heterocycles. The highest BCUT2D eigenvalue weighted by atomic mass is 16.1. The average Bonchev–Trinajstić information content (AvgIpc) is 3.16. The van der Waals surface area contributed by atoms with Crippen molar-refractivity contribution in [1.82, 2.24) is 19.9 Å². The maximum absolute atomic E-state index is 12.2. The summed E-state index contributed by atoms with van der Waals surface area (Å²) in [4.78, 5) is 26.6. The second-order valence-corrected chi connectivity index (χ2v) is 6.94. The van der Waals surface area contributed by atoms with Crippen LogP contribution in [-0.2, 0) is 0 Å². The van der Waals surface area contributed by atoms with Crippen LogP contribution in [0.1, 0.15) is 56.7 Å². The molecule has 1 aliphatic heterocycles. The number of hydrogen-bond acceptors (Lipinski definition) is 4. The maximum Gasteiger partial charge on any atom is 0.251 e. The molecule has 4 rings (SSSR count). The lowest BCUT2D eigenvalue weighted by Crippen LogP contribution is -2.40. The molecule has 3 heterocycles. The van der Waals surface area contributed by atoms with Crippen molar-refractivity contribution in [2.75, 3.05) is 6.54 Å². The Morgan fingerprint density at radius 3 is 2.58 bits per heavy atom. The van der Waals surface area contributed by atoms with Gasteiger partial charge in [-0.1, -0.05) is 19.3 Å². The van der Waals surface area contributed by atoms with Crippen LogP contribution in [0.2, 0.25) is 0 Å². The molecule has 0 unspecified atom stereocenters. The Kier molecular flexibility index (Phi) is 4.43. The predicted molar refractivity (Wildman–Crippen MR) is 93.6 cm³/mol. The molecule has 5 heteroatoms. The topological polar surface area (TPSA) is 61.9 Å². The molecule has 1 saturated heterocycles. The summed E-state index contributed by atoms with van der Waals surface area (Å²) in [5, 5.41) is 0. The summed E-state index contributed by atoms with van der Waals surface area (Å²) in [7, 11) is 0. The van der Waals surface area contributed by atoms with Crippen molar-refractivity contribution in [2.45, 2.75) is 57.0 Å². The molecule has 0 bridgehead atoms. The van der Waals surface area contributed by atoms with Crippen molar-refractivity contribution < 1.29 is 0 Å². The van der Waals surface area contributed by atoms with Crippen LogP contribution >= 0.6 is 0 Å². The van der Waals surface area contributed by atoms with E-state index in [9.17, 15) is 4.79 Å². The van der Waals surface area contributed by atoms with E-state index in [0.717, 1.165) is 24.2 Å². The molecule has 24 heavy (non-hydrogen) atoms. The Hall–Kier alpha value is -2.01. The quantitative estimate of drug-likeness (QED) is 0.941. The molecule has 0 radical (unpaired) electrons. The number of pyridine rings is 1. The van der Waals surface area contributed by atoms with Gasteiger partial charge in [-0.15, -0.1) is 0 Å². The molecule has 1 aliphatic carbocycles. The zero-order chi connectivity index (χ0) is 16.4. The maximum atomic E-state index is 12.2. The number of piperidine rings is 1. The van der Waals surface area contributed by atoms with E-state index in [1.54, 1.807) is 18.5 Å². The fraction of sp³-hybridized carbons (Fsp3) is 0.526. The Labute approximate surface area is 142 Å². The number of aromatic amines is 1. The molecule has 1 saturated carbocycles. The zero-order valence-electron chi connectivity index (χ0n) is 13.9. The third kappa shape index (κ3) is 3.13. The number of rotatable bonds is 3. The van der Waals surface area contributed by atoms with Gasteiger partial charge >= 0.3 is 0 Å². The van der Waals surface area contributed by atoms with Crippen LogP contribution in [0.5, 0.6) is 0 Å². The van der Waals surface area contributed by atoms with Gasteiger partial charge in [0.15, 0.2) is 0 Å². The second kappa shape index (κ2) is 6.85. The highest BCUT2D eigenvalue weighted by Gasteiger charge is 2.32. The molecule has 2 aliphatic rings. The first-order valence-corrected chi connectivity index (χ1v) is 9.09. The Balaban J connectivity index is 1.69. The fourth-order valence-corrected chi connectivity index (χ4v) is 4.24. The lowest BCUT2D eigenvalue weighted by Gasteiger charge is -2.39. The smallest absolute Gasteiger partial charge is 0.251 e. The number of nitrogens with one attached hydrogen (secondary N) is 1. The highest BCUT2D eigenvalue weighted by molar-refractivity contribution is 5.53. The van der Waals surface area contributed by atoms with Crippen LogP contribution in [0.25, 0.3) is 11.4 Å². The predicted octanol–water partition coefficient (Wildman–Crippen LogP) is 3.30. The molecule has 2 fully saturated rings. The number of nitrogens with zero attached hydrogens (tertiary/aromatic N) is 3. The molecular weight excluding hydrogens is 300 g/mol. The van der Waals surface area contributed by atoms with Crippen molar-refractivity contribution in [3.05, 3.63) is 46.6 Å². The Morgan fingerprint density at radius 1 is 1.04 bits per heavy atom. The molecule has 1 atom stereocenters. The van der Waals surface area contributed by atoms with Gasteiger partial charge in [0.2, 0.25) is 0 Å². The Morgan fingerprint density at radius 2 is 1.79 bits per heavy atom. The highest BCUT2D eigenvalue weighted by Crippen LogP contribution is 2.36. The summed E-state index contributed by atoms with van der Waals surface area (Å²) in [6, 6.07) is 6.42. The normalized spacial score (nSPS) is 22.8.